The molecule has 2 aromatic carbocycles. The minimum atomic E-state index is -0.597. The van der Waals surface area contributed by atoms with Crippen molar-refractivity contribution < 1.29 is 9.84 Å². The zero-order valence-corrected chi connectivity index (χ0v) is 19.4. The number of aromatic amines is 1. The van der Waals surface area contributed by atoms with Gasteiger partial charge < -0.3 is 14.8 Å². The lowest BCUT2D eigenvalue weighted by molar-refractivity contribution is 0.125. The van der Waals surface area contributed by atoms with Crippen molar-refractivity contribution >= 4 is 22.7 Å². The Hall–Kier alpha value is -2.77. The van der Waals surface area contributed by atoms with E-state index in [2.05, 4.69) is 57.9 Å². The fourth-order valence-electron chi connectivity index (χ4n) is 4.02. The molecule has 0 bridgehead atoms. The van der Waals surface area contributed by atoms with Gasteiger partial charge in [0.25, 0.3) is 0 Å². The lowest BCUT2D eigenvalue weighted by Crippen LogP contribution is -2.21. The van der Waals surface area contributed by atoms with E-state index in [0.717, 1.165) is 57.2 Å². The maximum atomic E-state index is 10.6. The topological polar surface area (TPSA) is 76.0 Å². The number of H-pyrrole nitrogens is 1. The highest BCUT2D eigenvalue weighted by molar-refractivity contribution is 7.99. The third-order valence-corrected chi connectivity index (χ3v) is 7.19. The number of nitrogens with zero attached hydrogens (tertiary/aromatic N) is 3. The van der Waals surface area contributed by atoms with E-state index < -0.39 is 6.10 Å². The van der Waals surface area contributed by atoms with Crippen LogP contribution in [0.2, 0.25) is 0 Å². The molecule has 0 aliphatic heterocycles. The van der Waals surface area contributed by atoms with Crippen molar-refractivity contribution in [1.82, 2.24) is 19.7 Å². The second-order valence-corrected chi connectivity index (χ2v) is 9.57. The highest BCUT2D eigenvalue weighted by Crippen LogP contribution is 2.42. The van der Waals surface area contributed by atoms with Gasteiger partial charge >= 0.3 is 0 Å². The second kappa shape index (κ2) is 8.64. The van der Waals surface area contributed by atoms with Crippen LogP contribution in [0, 0.1) is 20.8 Å². The Morgan fingerprint density at radius 1 is 1.12 bits per heavy atom. The number of aliphatic hydroxyl groups is 1. The van der Waals surface area contributed by atoms with Gasteiger partial charge in [-0.3, -0.25) is 4.57 Å². The minimum Gasteiger partial charge on any atom is -0.490 e. The van der Waals surface area contributed by atoms with Crippen LogP contribution in [0.5, 0.6) is 5.75 Å². The largest absolute Gasteiger partial charge is 0.490 e. The van der Waals surface area contributed by atoms with Crippen LogP contribution in [0.15, 0.2) is 47.8 Å². The van der Waals surface area contributed by atoms with E-state index in [4.69, 9.17) is 4.74 Å². The molecule has 7 heteroatoms. The van der Waals surface area contributed by atoms with Crippen molar-refractivity contribution in [2.75, 3.05) is 12.4 Å². The second-order valence-electron chi connectivity index (χ2n) is 8.58. The number of rotatable bonds is 8. The molecular weight excluding hydrogens is 420 g/mol. The highest BCUT2D eigenvalue weighted by Gasteiger charge is 2.31. The maximum absolute atomic E-state index is 10.6. The fourth-order valence-corrected chi connectivity index (χ4v) is 4.93. The molecule has 1 atom stereocenters. The predicted octanol–water partition coefficient (Wildman–Crippen LogP) is 5.22. The van der Waals surface area contributed by atoms with E-state index in [-0.39, 0.29) is 6.61 Å². The molecule has 1 unspecified atom stereocenters. The molecule has 1 saturated carbocycles. The zero-order valence-electron chi connectivity index (χ0n) is 18.6. The molecule has 1 aliphatic carbocycles. The van der Waals surface area contributed by atoms with Crippen LogP contribution < -0.4 is 4.74 Å². The monoisotopic (exact) mass is 448 g/mol. The summed E-state index contributed by atoms with van der Waals surface area (Å²) in [6.07, 6.45) is 3.69. The average Bonchev–Trinajstić information content (AvgIpc) is 3.40. The van der Waals surface area contributed by atoms with Gasteiger partial charge in [0.2, 0.25) is 0 Å². The van der Waals surface area contributed by atoms with Gasteiger partial charge in [-0.15, -0.1) is 10.2 Å². The molecular formula is C25H28N4O2S. The Balaban J connectivity index is 1.30. The summed E-state index contributed by atoms with van der Waals surface area (Å²) in [7, 11) is 0. The molecule has 0 amide bonds. The summed E-state index contributed by atoms with van der Waals surface area (Å²) >= 11 is 1.54. The molecule has 6 nitrogen and oxygen atoms in total. The Labute approximate surface area is 192 Å². The number of para-hydroxylation sites is 1. The number of benzene rings is 2. The fraction of sp³-hybridized carbons (Fsp3) is 0.360. The molecule has 0 saturated heterocycles. The van der Waals surface area contributed by atoms with Crippen LogP contribution in [0.25, 0.3) is 22.3 Å². The van der Waals surface area contributed by atoms with Crippen LogP contribution in [-0.4, -0.2) is 43.3 Å². The van der Waals surface area contributed by atoms with Gasteiger partial charge in [-0.1, -0.05) is 42.1 Å². The van der Waals surface area contributed by atoms with Crippen molar-refractivity contribution in [2.45, 2.75) is 50.9 Å². The van der Waals surface area contributed by atoms with Crippen molar-refractivity contribution in [1.29, 1.82) is 0 Å². The zero-order chi connectivity index (χ0) is 22.2. The standard InChI is InChI=1S/C25H28N4O2S/c1-15-8-9-16(2)23(17(15)3)31-13-19(30)14-32-25-28-27-24(29(25)18-10-11-18)21-12-26-22-7-5-4-6-20(21)22/h4-9,12,18-19,26,30H,10-11,13-14H2,1-3H3. The Morgan fingerprint density at radius 2 is 1.91 bits per heavy atom. The lowest BCUT2D eigenvalue weighted by Gasteiger charge is -2.17. The number of aryl methyl sites for hydroxylation is 2. The highest BCUT2D eigenvalue weighted by atomic mass is 32.2. The lowest BCUT2D eigenvalue weighted by atomic mass is 10.1. The molecule has 0 radical (unpaired) electrons. The normalized spacial score (nSPS) is 14.8. The Morgan fingerprint density at radius 3 is 2.72 bits per heavy atom. The molecule has 4 aromatic rings. The Bertz CT molecular complexity index is 1260. The van der Waals surface area contributed by atoms with E-state index in [1.807, 2.05) is 25.3 Å². The number of fused-ring (bicyclic) bond motifs is 1. The smallest absolute Gasteiger partial charge is 0.191 e. The van der Waals surface area contributed by atoms with Gasteiger partial charge in [0, 0.05) is 34.5 Å². The van der Waals surface area contributed by atoms with Crippen LogP contribution in [-0.2, 0) is 0 Å². The molecule has 166 valence electrons. The van der Waals surface area contributed by atoms with Crippen LogP contribution in [0.3, 0.4) is 0 Å². The van der Waals surface area contributed by atoms with Gasteiger partial charge in [0.05, 0.1) is 6.10 Å². The number of aliphatic hydroxyl groups excluding tert-OH is 1. The molecule has 0 spiro atoms. The predicted molar refractivity (Wildman–Crippen MR) is 128 cm³/mol. The van der Waals surface area contributed by atoms with Gasteiger partial charge in [-0.2, -0.15) is 0 Å². The molecule has 2 N–H and O–H groups in total. The summed E-state index contributed by atoms with van der Waals surface area (Å²) < 4.78 is 8.23. The number of aromatic nitrogens is 4. The van der Waals surface area contributed by atoms with Gasteiger partial charge in [-0.25, -0.2) is 0 Å². The Kier molecular flexibility index (Phi) is 5.69. The summed E-state index contributed by atoms with van der Waals surface area (Å²) in [5, 5.41) is 21.6. The minimum absolute atomic E-state index is 0.255. The summed E-state index contributed by atoms with van der Waals surface area (Å²) in [6.45, 7) is 6.42. The molecule has 1 aliphatic rings. The van der Waals surface area contributed by atoms with Crippen molar-refractivity contribution in [3.05, 3.63) is 59.3 Å². The van der Waals surface area contributed by atoms with E-state index >= 15 is 0 Å². The van der Waals surface area contributed by atoms with Crippen molar-refractivity contribution in [3.63, 3.8) is 0 Å². The van der Waals surface area contributed by atoms with Crippen LogP contribution in [0.1, 0.15) is 35.6 Å². The summed E-state index contributed by atoms with van der Waals surface area (Å²) in [5.41, 5.74) is 5.57. The summed E-state index contributed by atoms with van der Waals surface area (Å²) in [6, 6.07) is 12.8. The molecule has 5 rings (SSSR count). The van der Waals surface area contributed by atoms with Crippen molar-refractivity contribution in [3.8, 4) is 17.1 Å². The average molecular weight is 449 g/mol. The van der Waals surface area contributed by atoms with Crippen LogP contribution >= 0.6 is 11.8 Å². The third-order valence-electron chi connectivity index (χ3n) is 6.11. The van der Waals surface area contributed by atoms with E-state index in [1.165, 1.54) is 5.56 Å². The first-order valence-corrected chi connectivity index (χ1v) is 12.0. The summed E-state index contributed by atoms with van der Waals surface area (Å²) in [5.74, 6) is 2.27. The van der Waals surface area contributed by atoms with E-state index in [9.17, 15) is 5.11 Å². The van der Waals surface area contributed by atoms with Gasteiger partial charge in [0.1, 0.15) is 12.4 Å². The van der Waals surface area contributed by atoms with E-state index in [0.29, 0.717) is 11.8 Å². The SMILES string of the molecule is Cc1ccc(C)c(OCC(O)CSc2nnc(-c3c[nH]c4ccccc34)n2C2CC2)c1C. The summed E-state index contributed by atoms with van der Waals surface area (Å²) in [4.78, 5) is 3.33. The third kappa shape index (κ3) is 4.02. The van der Waals surface area contributed by atoms with Gasteiger partial charge in [0.15, 0.2) is 11.0 Å². The van der Waals surface area contributed by atoms with Gasteiger partial charge in [-0.05, 0) is 56.4 Å². The molecule has 1 fully saturated rings. The van der Waals surface area contributed by atoms with E-state index in [1.54, 1.807) is 11.8 Å². The first-order chi connectivity index (χ1) is 15.5. The number of hydrogen-bond acceptors (Lipinski definition) is 5. The maximum Gasteiger partial charge on any atom is 0.191 e. The number of ether oxygens (including phenoxy) is 1. The van der Waals surface area contributed by atoms with Crippen molar-refractivity contribution in [2.24, 2.45) is 0 Å². The number of nitrogens with one attached hydrogen (secondary N) is 1. The first kappa shape index (κ1) is 21.1. The van der Waals surface area contributed by atoms with Crippen LogP contribution in [0.4, 0.5) is 0 Å². The number of hydrogen-bond donors (Lipinski definition) is 2. The molecule has 2 heterocycles. The first-order valence-electron chi connectivity index (χ1n) is 11.0. The number of thioether (sulfide) groups is 1. The molecule has 2 aromatic heterocycles. The quantitative estimate of drug-likeness (QED) is 0.362. The molecule has 32 heavy (non-hydrogen) atoms.